The van der Waals surface area contributed by atoms with Crippen molar-refractivity contribution in [2.45, 2.75) is 12.5 Å². The fourth-order valence-electron chi connectivity index (χ4n) is 2.30. The molecule has 0 saturated carbocycles. The number of hydrogen-bond acceptors (Lipinski definition) is 5. The number of phenolic OH excluding ortho intramolecular Hbond substituents is 3. The molecule has 0 fully saturated rings. The normalized spacial score (nSPS) is 17.4. The molecule has 1 aliphatic rings. The lowest BCUT2D eigenvalue weighted by Crippen LogP contribution is -2.20. The van der Waals surface area contributed by atoms with Crippen molar-refractivity contribution in [3.05, 3.63) is 47.5 Å². The van der Waals surface area contributed by atoms with Gasteiger partial charge in [0.2, 0.25) is 0 Å². The number of ether oxygens (including phenoxy) is 1. The average Bonchev–Trinajstić information content (AvgIpc) is 2.38. The van der Waals surface area contributed by atoms with Crippen LogP contribution in [0.25, 0.3) is 0 Å². The molecule has 0 unspecified atom stereocenters. The molecule has 5 nitrogen and oxygen atoms in total. The molecule has 1 atom stereocenters. The number of phenols is 3. The Hall–Kier alpha value is -2.69. The highest BCUT2D eigenvalue weighted by molar-refractivity contribution is 6.02. The zero-order valence-corrected chi connectivity index (χ0v) is 10.4. The number of benzene rings is 2. The predicted octanol–water partition coefficient (Wildman–Crippen LogP) is 2.51. The molecule has 3 rings (SSSR count). The highest BCUT2D eigenvalue weighted by Gasteiger charge is 2.30. The lowest BCUT2D eigenvalue weighted by atomic mass is 9.95. The lowest BCUT2D eigenvalue weighted by molar-refractivity contribution is 0.0845. The number of hydrogen-bond donors (Lipinski definition) is 3. The van der Waals surface area contributed by atoms with Crippen molar-refractivity contribution in [3.8, 4) is 23.0 Å². The Bertz CT molecular complexity index is 675. The van der Waals surface area contributed by atoms with E-state index >= 15 is 0 Å². The summed E-state index contributed by atoms with van der Waals surface area (Å²) in [6.07, 6.45) is -0.410. The maximum atomic E-state index is 12.1. The molecule has 20 heavy (non-hydrogen) atoms. The molecule has 0 aromatic heterocycles. The van der Waals surface area contributed by atoms with Gasteiger partial charge in [-0.25, -0.2) is 0 Å². The van der Waals surface area contributed by atoms with Crippen LogP contribution in [-0.4, -0.2) is 21.1 Å². The minimum absolute atomic E-state index is 0.0934. The number of ketones is 1. The highest BCUT2D eigenvalue weighted by atomic mass is 16.5. The van der Waals surface area contributed by atoms with Crippen molar-refractivity contribution < 1.29 is 24.9 Å². The van der Waals surface area contributed by atoms with E-state index in [0.29, 0.717) is 0 Å². The van der Waals surface area contributed by atoms with E-state index in [1.54, 1.807) is 12.1 Å². The standard InChI is InChI=1S/C15H12O5/c16-9-3-1-8(2-4-9)13-7-12(19)15-11(18)5-10(17)6-14(15)20-13/h1-6,13,16-18H,7H2/t13-/m1/s1. The van der Waals surface area contributed by atoms with Gasteiger partial charge in [-0.15, -0.1) is 0 Å². The quantitative estimate of drug-likeness (QED) is 0.742. The number of fused-ring (bicyclic) bond motifs is 1. The molecule has 102 valence electrons. The molecule has 0 bridgehead atoms. The SMILES string of the molecule is O=C1C[C@H](c2ccc(O)cc2)Oc2cc(O)cc(O)c21. The van der Waals surface area contributed by atoms with Crippen LogP contribution in [0, 0.1) is 0 Å². The summed E-state index contributed by atoms with van der Waals surface area (Å²) in [5.41, 5.74) is 0.836. The monoisotopic (exact) mass is 272 g/mol. The summed E-state index contributed by atoms with van der Waals surface area (Å²) in [5, 5.41) is 28.4. The Morgan fingerprint density at radius 3 is 2.40 bits per heavy atom. The van der Waals surface area contributed by atoms with Crippen molar-refractivity contribution in [1.82, 2.24) is 0 Å². The summed E-state index contributed by atoms with van der Waals surface area (Å²) < 4.78 is 5.67. The van der Waals surface area contributed by atoms with Gasteiger partial charge < -0.3 is 20.1 Å². The van der Waals surface area contributed by atoms with Crippen molar-refractivity contribution in [2.24, 2.45) is 0 Å². The average molecular weight is 272 g/mol. The molecular weight excluding hydrogens is 260 g/mol. The minimum Gasteiger partial charge on any atom is -0.508 e. The molecule has 0 spiro atoms. The third kappa shape index (κ3) is 2.03. The van der Waals surface area contributed by atoms with Gasteiger partial charge in [-0.3, -0.25) is 4.79 Å². The molecule has 5 heteroatoms. The summed E-state index contributed by atoms with van der Waals surface area (Å²) in [6, 6.07) is 8.78. The second-order valence-electron chi connectivity index (χ2n) is 4.66. The van der Waals surface area contributed by atoms with Gasteiger partial charge in [-0.05, 0) is 17.7 Å². The summed E-state index contributed by atoms with van der Waals surface area (Å²) in [6.45, 7) is 0. The summed E-state index contributed by atoms with van der Waals surface area (Å²) in [7, 11) is 0. The van der Waals surface area contributed by atoms with Gasteiger partial charge in [0.05, 0.1) is 6.42 Å². The van der Waals surface area contributed by atoms with Crippen LogP contribution in [-0.2, 0) is 0 Å². The van der Waals surface area contributed by atoms with E-state index in [2.05, 4.69) is 0 Å². The molecule has 3 N–H and O–H groups in total. The van der Waals surface area contributed by atoms with Gasteiger partial charge >= 0.3 is 0 Å². The van der Waals surface area contributed by atoms with Gasteiger partial charge in [0.15, 0.2) is 5.78 Å². The van der Waals surface area contributed by atoms with Gasteiger partial charge in [0.1, 0.15) is 34.7 Å². The van der Waals surface area contributed by atoms with Crippen LogP contribution in [0.15, 0.2) is 36.4 Å². The van der Waals surface area contributed by atoms with Crippen molar-refractivity contribution in [2.75, 3.05) is 0 Å². The molecule has 1 heterocycles. The van der Waals surface area contributed by atoms with E-state index < -0.39 is 6.10 Å². The van der Waals surface area contributed by atoms with E-state index in [4.69, 9.17) is 4.74 Å². The van der Waals surface area contributed by atoms with Gasteiger partial charge in [0, 0.05) is 12.1 Å². The fraction of sp³-hybridized carbons (Fsp3) is 0.133. The fourth-order valence-corrected chi connectivity index (χ4v) is 2.30. The number of rotatable bonds is 1. The minimum atomic E-state index is -0.503. The number of carbonyl (C=O) groups excluding carboxylic acids is 1. The van der Waals surface area contributed by atoms with Crippen LogP contribution in [0.5, 0.6) is 23.0 Å². The zero-order chi connectivity index (χ0) is 14.3. The molecular formula is C15H12O5. The highest BCUT2D eigenvalue weighted by Crippen LogP contribution is 2.41. The number of carbonyl (C=O) groups is 1. The summed E-state index contributed by atoms with van der Waals surface area (Å²) >= 11 is 0. The second-order valence-corrected chi connectivity index (χ2v) is 4.66. The van der Waals surface area contributed by atoms with Crippen LogP contribution in [0.4, 0.5) is 0 Å². The van der Waals surface area contributed by atoms with Gasteiger partial charge in [0.25, 0.3) is 0 Å². The number of aromatic hydroxyl groups is 3. The Balaban J connectivity index is 2.00. The Morgan fingerprint density at radius 1 is 1.00 bits per heavy atom. The van der Waals surface area contributed by atoms with Crippen LogP contribution < -0.4 is 4.74 Å². The second kappa shape index (κ2) is 4.45. The molecule has 0 amide bonds. The van der Waals surface area contributed by atoms with Crippen LogP contribution >= 0.6 is 0 Å². The first-order valence-electron chi connectivity index (χ1n) is 6.09. The predicted molar refractivity (Wildman–Crippen MR) is 70.2 cm³/mol. The summed E-state index contributed by atoms with van der Waals surface area (Å²) in [4.78, 5) is 12.1. The molecule has 0 saturated heterocycles. The van der Waals surface area contributed by atoms with Crippen molar-refractivity contribution in [1.29, 1.82) is 0 Å². The summed E-state index contributed by atoms with van der Waals surface area (Å²) in [5.74, 6) is -0.403. The van der Waals surface area contributed by atoms with E-state index in [-0.39, 0.29) is 40.8 Å². The molecule has 2 aromatic carbocycles. The molecule has 0 radical (unpaired) electrons. The van der Waals surface area contributed by atoms with E-state index in [1.165, 1.54) is 18.2 Å². The van der Waals surface area contributed by atoms with Crippen molar-refractivity contribution >= 4 is 5.78 Å². The Morgan fingerprint density at radius 2 is 1.70 bits per heavy atom. The maximum Gasteiger partial charge on any atom is 0.174 e. The van der Waals surface area contributed by atoms with Gasteiger partial charge in [-0.2, -0.15) is 0 Å². The maximum absolute atomic E-state index is 12.1. The van der Waals surface area contributed by atoms with Crippen LogP contribution in [0.1, 0.15) is 28.4 Å². The third-order valence-electron chi connectivity index (χ3n) is 3.25. The molecule has 2 aromatic rings. The first kappa shape index (κ1) is 12.3. The topological polar surface area (TPSA) is 87.0 Å². The number of Topliss-reactive ketones (excluding diaryl/α,β-unsaturated/α-hetero) is 1. The van der Waals surface area contributed by atoms with E-state index in [1.807, 2.05) is 0 Å². The first-order valence-corrected chi connectivity index (χ1v) is 6.09. The van der Waals surface area contributed by atoms with E-state index in [9.17, 15) is 20.1 Å². The first-order chi connectivity index (χ1) is 9.54. The Labute approximate surface area is 114 Å². The third-order valence-corrected chi connectivity index (χ3v) is 3.25. The van der Waals surface area contributed by atoms with Gasteiger partial charge in [-0.1, -0.05) is 12.1 Å². The molecule has 1 aliphatic heterocycles. The van der Waals surface area contributed by atoms with Crippen molar-refractivity contribution in [3.63, 3.8) is 0 Å². The van der Waals surface area contributed by atoms with Crippen LogP contribution in [0.3, 0.4) is 0 Å². The van der Waals surface area contributed by atoms with Crippen LogP contribution in [0.2, 0.25) is 0 Å². The zero-order valence-electron chi connectivity index (χ0n) is 10.4. The largest absolute Gasteiger partial charge is 0.508 e. The Kier molecular flexibility index (Phi) is 2.75. The molecule has 0 aliphatic carbocycles. The van der Waals surface area contributed by atoms with E-state index in [0.717, 1.165) is 11.6 Å². The lowest BCUT2D eigenvalue weighted by Gasteiger charge is -2.26. The smallest absolute Gasteiger partial charge is 0.174 e.